The number of methoxy groups -OCH3 is 1. The lowest BCUT2D eigenvalue weighted by Gasteiger charge is -2.06. The smallest absolute Gasteiger partial charge is 0.240 e. The molecule has 1 aromatic heterocycles. The molecule has 21 heavy (non-hydrogen) atoms. The predicted molar refractivity (Wildman–Crippen MR) is 83.5 cm³/mol. The van der Waals surface area contributed by atoms with Crippen LogP contribution >= 0.6 is 11.3 Å². The topological polar surface area (TPSA) is 68.3 Å². The molecule has 7 heteroatoms. The van der Waals surface area contributed by atoms with Crippen LogP contribution in [0.1, 0.15) is 15.6 Å². The molecule has 1 aromatic carbocycles. The molecule has 0 radical (unpaired) electrons. The molecule has 1 N–H and O–H groups in total. The maximum atomic E-state index is 12.1. The Hall–Kier alpha value is -1.44. The van der Waals surface area contributed by atoms with Crippen LogP contribution < -0.4 is 9.46 Å². The molecular formula is C14H18N2O3S2. The normalized spacial score (nSPS) is 11.6. The minimum atomic E-state index is -3.49. The molecule has 114 valence electrons. The van der Waals surface area contributed by atoms with Crippen molar-refractivity contribution in [2.75, 3.05) is 13.7 Å². The van der Waals surface area contributed by atoms with E-state index >= 15 is 0 Å². The van der Waals surface area contributed by atoms with Crippen LogP contribution in [0.2, 0.25) is 0 Å². The molecule has 0 amide bonds. The van der Waals surface area contributed by atoms with Gasteiger partial charge in [0.2, 0.25) is 10.0 Å². The zero-order chi connectivity index (χ0) is 15.5. The molecule has 0 aliphatic heterocycles. The predicted octanol–water partition coefficient (Wildman–Crippen LogP) is 2.29. The first kappa shape index (κ1) is 15.9. The monoisotopic (exact) mass is 326 g/mol. The summed E-state index contributed by atoms with van der Waals surface area (Å²) in [7, 11) is -1.95. The third kappa shape index (κ3) is 4.03. The van der Waals surface area contributed by atoms with Crippen LogP contribution in [0.4, 0.5) is 0 Å². The summed E-state index contributed by atoms with van der Waals surface area (Å²) in [6.07, 6.45) is 0.592. The molecule has 0 saturated carbocycles. The van der Waals surface area contributed by atoms with E-state index in [-0.39, 0.29) is 4.90 Å². The highest BCUT2D eigenvalue weighted by atomic mass is 32.2. The van der Waals surface area contributed by atoms with Gasteiger partial charge in [0.15, 0.2) is 0 Å². The van der Waals surface area contributed by atoms with E-state index in [0.29, 0.717) is 18.7 Å². The second-order valence-electron chi connectivity index (χ2n) is 4.57. The van der Waals surface area contributed by atoms with Crippen LogP contribution in [0.5, 0.6) is 5.75 Å². The second-order valence-corrected chi connectivity index (χ2v) is 7.63. The summed E-state index contributed by atoms with van der Waals surface area (Å²) in [6, 6.07) is 6.31. The van der Waals surface area contributed by atoms with Crippen molar-refractivity contribution >= 4 is 21.4 Å². The van der Waals surface area contributed by atoms with E-state index in [0.717, 1.165) is 10.7 Å². The molecule has 0 atom stereocenters. The highest BCUT2D eigenvalue weighted by Gasteiger charge is 2.14. The van der Waals surface area contributed by atoms with Crippen LogP contribution in [0.25, 0.3) is 0 Å². The Kier molecular flexibility index (Phi) is 4.97. The van der Waals surface area contributed by atoms with Gasteiger partial charge in [0.05, 0.1) is 22.7 Å². The summed E-state index contributed by atoms with van der Waals surface area (Å²) in [5, 5.41) is 0.947. The van der Waals surface area contributed by atoms with Gasteiger partial charge in [-0.1, -0.05) is 0 Å². The minimum Gasteiger partial charge on any atom is -0.497 e. The van der Waals surface area contributed by atoms with E-state index in [1.54, 1.807) is 30.6 Å². The summed E-state index contributed by atoms with van der Waals surface area (Å²) >= 11 is 1.60. The molecule has 0 unspecified atom stereocenters. The first-order valence-corrected chi connectivity index (χ1v) is 8.79. The molecule has 0 bridgehead atoms. The van der Waals surface area contributed by atoms with Gasteiger partial charge in [-0.25, -0.2) is 18.1 Å². The average Bonchev–Trinajstić information content (AvgIpc) is 2.77. The molecular weight excluding hydrogens is 308 g/mol. The summed E-state index contributed by atoms with van der Waals surface area (Å²) < 4.78 is 31.9. The maximum absolute atomic E-state index is 12.1. The number of thiazole rings is 1. The zero-order valence-electron chi connectivity index (χ0n) is 12.2. The molecule has 5 nitrogen and oxygen atoms in total. The van der Waals surface area contributed by atoms with Crippen LogP contribution in [-0.4, -0.2) is 27.1 Å². The Morgan fingerprint density at radius 2 is 1.90 bits per heavy atom. The van der Waals surface area contributed by atoms with Gasteiger partial charge in [0.25, 0.3) is 0 Å². The zero-order valence-corrected chi connectivity index (χ0v) is 13.8. The molecule has 2 rings (SSSR count). The lowest BCUT2D eigenvalue weighted by molar-refractivity contribution is 0.414. The number of nitrogens with zero attached hydrogens (tertiary/aromatic N) is 1. The number of hydrogen-bond acceptors (Lipinski definition) is 5. The molecule has 0 aliphatic carbocycles. The SMILES string of the molecule is COc1ccc(S(=O)(=O)NCCc2nc(C)c(C)s2)cc1. The summed E-state index contributed by atoms with van der Waals surface area (Å²) in [5.74, 6) is 0.627. The molecule has 0 saturated heterocycles. The number of aromatic nitrogens is 1. The lowest BCUT2D eigenvalue weighted by Crippen LogP contribution is -2.25. The van der Waals surface area contributed by atoms with Crippen LogP contribution in [0.15, 0.2) is 29.2 Å². The maximum Gasteiger partial charge on any atom is 0.240 e. The Morgan fingerprint density at radius 1 is 1.24 bits per heavy atom. The number of sulfonamides is 1. The molecule has 0 fully saturated rings. The first-order valence-electron chi connectivity index (χ1n) is 6.49. The van der Waals surface area contributed by atoms with E-state index < -0.39 is 10.0 Å². The number of aryl methyl sites for hydroxylation is 2. The summed E-state index contributed by atoms with van der Waals surface area (Å²) in [6.45, 7) is 4.30. The quantitative estimate of drug-likeness (QED) is 0.884. The number of nitrogens with one attached hydrogen (secondary N) is 1. The van der Waals surface area contributed by atoms with Gasteiger partial charge >= 0.3 is 0 Å². The second kappa shape index (κ2) is 6.55. The van der Waals surface area contributed by atoms with E-state index in [1.807, 2.05) is 13.8 Å². The van der Waals surface area contributed by atoms with Crippen molar-refractivity contribution in [2.24, 2.45) is 0 Å². The van der Waals surface area contributed by atoms with Gasteiger partial charge in [-0.15, -0.1) is 11.3 Å². The van der Waals surface area contributed by atoms with Crippen molar-refractivity contribution in [1.29, 1.82) is 0 Å². The number of benzene rings is 1. The molecule has 1 heterocycles. The van der Waals surface area contributed by atoms with Crippen LogP contribution in [0, 0.1) is 13.8 Å². The van der Waals surface area contributed by atoms with E-state index in [2.05, 4.69) is 9.71 Å². The van der Waals surface area contributed by atoms with Crippen LogP contribution in [0.3, 0.4) is 0 Å². The van der Waals surface area contributed by atoms with Crippen molar-refractivity contribution in [3.63, 3.8) is 0 Å². The van der Waals surface area contributed by atoms with Crippen molar-refractivity contribution in [3.05, 3.63) is 39.8 Å². The molecule has 0 aliphatic rings. The fourth-order valence-electron chi connectivity index (χ4n) is 1.78. The van der Waals surface area contributed by atoms with Gasteiger partial charge < -0.3 is 4.74 Å². The van der Waals surface area contributed by atoms with Gasteiger partial charge in [0, 0.05) is 17.8 Å². The largest absolute Gasteiger partial charge is 0.497 e. The Morgan fingerprint density at radius 3 is 2.43 bits per heavy atom. The van der Waals surface area contributed by atoms with Crippen molar-refractivity contribution in [3.8, 4) is 5.75 Å². The fourth-order valence-corrected chi connectivity index (χ4v) is 3.74. The van der Waals surface area contributed by atoms with E-state index in [9.17, 15) is 8.42 Å². The molecule has 2 aromatic rings. The number of rotatable bonds is 6. The highest BCUT2D eigenvalue weighted by molar-refractivity contribution is 7.89. The Labute approximate surface area is 129 Å². The Balaban J connectivity index is 1.97. The van der Waals surface area contributed by atoms with E-state index in [4.69, 9.17) is 4.74 Å². The van der Waals surface area contributed by atoms with Crippen LogP contribution in [-0.2, 0) is 16.4 Å². The third-order valence-electron chi connectivity index (χ3n) is 3.07. The fraction of sp³-hybridized carbons (Fsp3) is 0.357. The first-order chi connectivity index (χ1) is 9.92. The average molecular weight is 326 g/mol. The number of ether oxygens (including phenoxy) is 1. The summed E-state index contributed by atoms with van der Waals surface area (Å²) in [5.41, 5.74) is 1.01. The van der Waals surface area contributed by atoms with Gasteiger partial charge in [-0.2, -0.15) is 0 Å². The third-order valence-corrected chi connectivity index (χ3v) is 5.68. The van der Waals surface area contributed by atoms with Gasteiger partial charge in [-0.05, 0) is 38.1 Å². The van der Waals surface area contributed by atoms with Gasteiger partial charge in [0.1, 0.15) is 5.75 Å². The minimum absolute atomic E-state index is 0.231. The lowest BCUT2D eigenvalue weighted by atomic mass is 10.3. The highest BCUT2D eigenvalue weighted by Crippen LogP contribution is 2.17. The van der Waals surface area contributed by atoms with Crippen molar-refractivity contribution in [1.82, 2.24) is 9.71 Å². The van der Waals surface area contributed by atoms with Crippen molar-refractivity contribution in [2.45, 2.75) is 25.2 Å². The van der Waals surface area contributed by atoms with Crippen molar-refractivity contribution < 1.29 is 13.2 Å². The Bertz CT molecular complexity index is 687. The van der Waals surface area contributed by atoms with Gasteiger partial charge in [-0.3, -0.25) is 0 Å². The number of hydrogen-bond donors (Lipinski definition) is 1. The molecule has 0 spiro atoms. The summed E-state index contributed by atoms with van der Waals surface area (Å²) in [4.78, 5) is 5.79. The standard InChI is InChI=1S/C14H18N2O3S2/c1-10-11(2)20-14(16-10)8-9-15-21(17,18)13-6-4-12(19-3)5-7-13/h4-7,15H,8-9H2,1-3H3. The van der Waals surface area contributed by atoms with E-state index in [1.165, 1.54) is 17.0 Å².